The van der Waals surface area contributed by atoms with Gasteiger partial charge < -0.3 is 4.84 Å². The summed E-state index contributed by atoms with van der Waals surface area (Å²) in [5.41, 5.74) is 4.54. The Hall–Kier alpha value is -3.67. The second kappa shape index (κ2) is 10.7. The largest absolute Gasteiger partial charge is 0.342 e. The normalized spacial score (nSPS) is 11.4. The maximum Gasteiger partial charge on any atom is 0.329 e. The minimum absolute atomic E-state index is 0.0347. The smallest absolute Gasteiger partial charge is 0.329 e. The second-order valence-corrected chi connectivity index (χ2v) is 10.3. The fourth-order valence-corrected chi connectivity index (χ4v) is 5.28. The lowest BCUT2D eigenvalue weighted by atomic mass is 10.1. The van der Waals surface area contributed by atoms with Gasteiger partial charge in [-0.15, -0.1) is 11.3 Å². The third-order valence-corrected chi connectivity index (χ3v) is 7.52. The standard InChI is InChI=1S/C24H21FN4O4S2/c1-17(30)33-28-23-4-2-3-21(27-23)16-29(35(31,32)22-11-9-20(25)10-12-22)15-18-5-7-19(8-6-18)24-26-13-14-34-24/h2-14H,15-16H2,1H3,(H,27,28). The van der Waals surface area contributed by atoms with Crippen LogP contribution >= 0.6 is 11.3 Å². The van der Waals surface area contributed by atoms with E-state index in [1.165, 1.54) is 34.7 Å². The van der Waals surface area contributed by atoms with Crippen molar-refractivity contribution in [3.05, 3.63) is 95.4 Å². The van der Waals surface area contributed by atoms with Crippen LogP contribution in [0.2, 0.25) is 0 Å². The van der Waals surface area contributed by atoms with Crippen molar-refractivity contribution in [3.63, 3.8) is 0 Å². The Morgan fingerprint density at radius 1 is 1.06 bits per heavy atom. The van der Waals surface area contributed by atoms with Gasteiger partial charge in [0.25, 0.3) is 0 Å². The summed E-state index contributed by atoms with van der Waals surface area (Å²) in [6.07, 6.45) is 1.72. The summed E-state index contributed by atoms with van der Waals surface area (Å²) < 4.78 is 41.7. The predicted octanol–water partition coefficient (Wildman–Crippen LogP) is 4.63. The topological polar surface area (TPSA) is 101 Å². The van der Waals surface area contributed by atoms with Gasteiger partial charge in [-0.2, -0.15) is 4.31 Å². The van der Waals surface area contributed by atoms with E-state index >= 15 is 0 Å². The van der Waals surface area contributed by atoms with Gasteiger partial charge in [0.15, 0.2) is 5.82 Å². The summed E-state index contributed by atoms with van der Waals surface area (Å²) in [5, 5.41) is 2.76. The number of hydrogen-bond acceptors (Lipinski definition) is 8. The van der Waals surface area contributed by atoms with Crippen molar-refractivity contribution < 1.29 is 22.4 Å². The molecule has 0 bridgehead atoms. The van der Waals surface area contributed by atoms with Crippen LogP contribution in [-0.2, 0) is 32.7 Å². The monoisotopic (exact) mass is 512 g/mol. The van der Waals surface area contributed by atoms with Crippen molar-refractivity contribution in [3.8, 4) is 10.6 Å². The van der Waals surface area contributed by atoms with Gasteiger partial charge in [0.1, 0.15) is 10.8 Å². The molecule has 0 aliphatic heterocycles. The van der Waals surface area contributed by atoms with E-state index in [2.05, 4.69) is 15.4 Å². The molecule has 0 radical (unpaired) electrons. The summed E-state index contributed by atoms with van der Waals surface area (Å²) in [6.45, 7) is 1.23. The number of carbonyl (C=O) groups is 1. The number of halogens is 1. The van der Waals surface area contributed by atoms with Gasteiger partial charge in [-0.25, -0.2) is 28.3 Å². The molecule has 0 atom stereocenters. The summed E-state index contributed by atoms with van der Waals surface area (Å²) >= 11 is 1.51. The number of nitrogens with zero attached hydrogens (tertiary/aromatic N) is 3. The van der Waals surface area contributed by atoms with Crippen molar-refractivity contribution >= 4 is 33.1 Å². The number of rotatable bonds is 9. The zero-order valence-electron chi connectivity index (χ0n) is 18.6. The third kappa shape index (κ3) is 6.27. The lowest BCUT2D eigenvalue weighted by Crippen LogP contribution is -2.30. The molecule has 8 nitrogen and oxygen atoms in total. The molecule has 35 heavy (non-hydrogen) atoms. The average molecular weight is 513 g/mol. The molecular weight excluding hydrogens is 491 g/mol. The van der Waals surface area contributed by atoms with Crippen LogP contribution in [0.3, 0.4) is 0 Å². The third-order valence-electron chi connectivity index (χ3n) is 4.89. The number of sulfonamides is 1. The Morgan fingerprint density at radius 2 is 1.80 bits per heavy atom. The van der Waals surface area contributed by atoms with Gasteiger partial charge in [-0.3, -0.25) is 4.79 Å². The van der Waals surface area contributed by atoms with Crippen molar-refractivity contribution in [1.82, 2.24) is 14.3 Å². The van der Waals surface area contributed by atoms with Crippen molar-refractivity contribution in [2.45, 2.75) is 24.9 Å². The van der Waals surface area contributed by atoms with Crippen molar-refractivity contribution in [2.24, 2.45) is 0 Å². The summed E-state index contributed by atoms with van der Waals surface area (Å²) in [6, 6.07) is 17.1. The molecule has 2 aromatic carbocycles. The van der Waals surface area contributed by atoms with E-state index in [0.717, 1.165) is 28.3 Å². The predicted molar refractivity (Wildman–Crippen MR) is 130 cm³/mol. The molecular formula is C24H21FN4O4S2. The molecule has 0 unspecified atom stereocenters. The van der Waals surface area contributed by atoms with E-state index in [4.69, 9.17) is 4.84 Å². The molecule has 0 amide bonds. The van der Waals surface area contributed by atoms with Crippen molar-refractivity contribution in [2.75, 3.05) is 5.48 Å². The molecule has 0 saturated heterocycles. The molecule has 0 saturated carbocycles. The number of hydrogen-bond donors (Lipinski definition) is 1. The molecule has 180 valence electrons. The first-order valence-electron chi connectivity index (χ1n) is 10.4. The maximum atomic E-state index is 13.5. The zero-order chi connectivity index (χ0) is 24.8. The van der Waals surface area contributed by atoms with Crippen LogP contribution in [-0.4, -0.2) is 28.7 Å². The van der Waals surface area contributed by atoms with E-state index in [-0.39, 0.29) is 23.8 Å². The minimum atomic E-state index is -4.00. The van der Waals surface area contributed by atoms with Gasteiger partial charge in [0.05, 0.1) is 17.1 Å². The highest BCUT2D eigenvalue weighted by molar-refractivity contribution is 7.89. The van der Waals surface area contributed by atoms with Gasteiger partial charge in [0, 0.05) is 30.6 Å². The molecule has 0 fully saturated rings. The van der Waals surface area contributed by atoms with Crippen molar-refractivity contribution in [1.29, 1.82) is 0 Å². The highest BCUT2D eigenvalue weighted by atomic mass is 32.2. The highest BCUT2D eigenvalue weighted by Gasteiger charge is 2.26. The van der Waals surface area contributed by atoms with Crippen LogP contribution in [0.1, 0.15) is 18.2 Å². The van der Waals surface area contributed by atoms with Gasteiger partial charge in [0.2, 0.25) is 10.0 Å². The SMILES string of the molecule is CC(=O)ONc1cccc(CN(Cc2ccc(-c3nccs3)cc2)S(=O)(=O)c2ccc(F)cc2)n1. The Bertz CT molecular complexity index is 1390. The first-order chi connectivity index (χ1) is 16.8. The fourth-order valence-electron chi connectivity index (χ4n) is 3.23. The van der Waals surface area contributed by atoms with Crippen LogP contribution in [0.15, 0.2) is 83.2 Å². The zero-order valence-corrected chi connectivity index (χ0v) is 20.2. The Morgan fingerprint density at radius 3 is 2.46 bits per heavy atom. The number of thiazole rings is 1. The molecule has 0 spiro atoms. The van der Waals surface area contributed by atoms with Gasteiger partial charge >= 0.3 is 5.97 Å². The van der Waals surface area contributed by atoms with E-state index in [9.17, 15) is 17.6 Å². The molecule has 4 rings (SSSR count). The highest BCUT2D eigenvalue weighted by Crippen LogP contribution is 2.25. The number of pyridine rings is 1. The first-order valence-corrected chi connectivity index (χ1v) is 12.8. The molecule has 0 aliphatic rings. The Labute approximate surface area is 206 Å². The lowest BCUT2D eigenvalue weighted by Gasteiger charge is -2.22. The lowest BCUT2D eigenvalue weighted by molar-refractivity contribution is -0.138. The van der Waals surface area contributed by atoms with E-state index in [1.54, 1.807) is 24.4 Å². The summed E-state index contributed by atoms with van der Waals surface area (Å²) in [7, 11) is -4.00. The minimum Gasteiger partial charge on any atom is -0.342 e. The quantitative estimate of drug-likeness (QED) is 0.326. The number of nitrogens with one attached hydrogen (secondary N) is 1. The number of benzene rings is 2. The Kier molecular flexibility index (Phi) is 7.49. The van der Waals surface area contributed by atoms with E-state index in [0.29, 0.717) is 5.69 Å². The van der Waals surface area contributed by atoms with Crippen LogP contribution in [0.25, 0.3) is 10.6 Å². The van der Waals surface area contributed by atoms with Crippen LogP contribution in [0.5, 0.6) is 0 Å². The fraction of sp³-hybridized carbons (Fsp3) is 0.125. The number of aromatic nitrogens is 2. The molecule has 0 aliphatic carbocycles. The molecule has 2 heterocycles. The number of anilines is 1. The molecule has 2 aromatic heterocycles. The summed E-state index contributed by atoms with van der Waals surface area (Å²) in [5.74, 6) is -0.817. The van der Waals surface area contributed by atoms with Crippen LogP contribution in [0.4, 0.5) is 10.2 Å². The maximum absolute atomic E-state index is 13.5. The molecule has 1 N–H and O–H groups in total. The van der Waals surface area contributed by atoms with E-state index < -0.39 is 21.8 Å². The van der Waals surface area contributed by atoms with E-state index in [1.807, 2.05) is 29.6 Å². The second-order valence-electron chi connectivity index (χ2n) is 7.47. The van der Waals surface area contributed by atoms with Gasteiger partial charge in [-0.1, -0.05) is 30.3 Å². The molecule has 4 aromatic rings. The summed E-state index contributed by atoms with van der Waals surface area (Å²) in [4.78, 5) is 24.4. The first kappa shape index (κ1) is 24.5. The van der Waals surface area contributed by atoms with Crippen LogP contribution in [0, 0.1) is 5.82 Å². The number of carbonyl (C=O) groups excluding carboxylic acids is 1. The molecule has 11 heteroatoms. The van der Waals surface area contributed by atoms with Crippen LogP contribution < -0.4 is 5.48 Å². The Balaban J connectivity index is 1.62. The van der Waals surface area contributed by atoms with Gasteiger partial charge in [-0.05, 0) is 42.0 Å². The average Bonchev–Trinajstić information content (AvgIpc) is 3.38.